The Bertz CT molecular complexity index is 1190. The average Bonchev–Trinajstić information content (AvgIpc) is 3.30. The summed E-state index contributed by atoms with van der Waals surface area (Å²) in [4.78, 5) is 0. The SMILES string of the molecule is Cc1c(S(=O)(=O)N(Cl)c2cccc(-c3nn[nH]n3)c2)sc2ccccc12. The lowest BCUT2D eigenvalue weighted by atomic mass is 10.2. The number of benzene rings is 2. The monoisotopic (exact) mass is 405 g/mol. The van der Waals surface area contributed by atoms with E-state index in [0.717, 1.165) is 13.9 Å². The van der Waals surface area contributed by atoms with Crippen LogP contribution in [-0.4, -0.2) is 29.0 Å². The summed E-state index contributed by atoms with van der Waals surface area (Å²) in [5.41, 5.74) is 1.58. The van der Waals surface area contributed by atoms with Crippen LogP contribution < -0.4 is 3.82 Å². The van der Waals surface area contributed by atoms with Gasteiger partial charge in [-0.15, -0.1) is 21.5 Å². The highest BCUT2D eigenvalue weighted by molar-refractivity contribution is 7.96. The maximum atomic E-state index is 13.1. The molecule has 0 spiro atoms. The molecule has 10 heteroatoms. The summed E-state index contributed by atoms with van der Waals surface area (Å²) in [5.74, 6) is 0.354. The third-order valence-electron chi connectivity index (χ3n) is 3.90. The first-order valence-corrected chi connectivity index (χ1v) is 10.1. The summed E-state index contributed by atoms with van der Waals surface area (Å²) in [5, 5.41) is 14.6. The van der Waals surface area contributed by atoms with E-state index in [2.05, 4.69) is 20.6 Å². The van der Waals surface area contributed by atoms with Gasteiger partial charge in [0.15, 0.2) is 0 Å². The molecule has 0 saturated carbocycles. The van der Waals surface area contributed by atoms with Crippen LogP contribution in [-0.2, 0) is 10.0 Å². The Morgan fingerprint density at radius 2 is 1.96 bits per heavy atom. The van der Waals surface area contributed by atoms with Gasteiger partial charge in [-0.2, -0.15) is 17.5 Å². The van der Waals surface area contributed by atoms with E-state index in [0.29, 0.717) is 22.6 Å². The number of thiophene rings is 1. The van der Waals surface area contributed by atoms with Crippen molar-refractivity contribution >= 4 is 48.9 Å². The highest BCUT2D eigenvalue weighted by atomic mass is 35.5. The van der Waals surface area contributed by atoms with Crippen molar-refractivity contribution in [2.24, 2.45) is 0 Å². The van der Waals surface area contributed by atoms with E-state index in [1.807, 2.05) is 24.3 Å². The number of tetrazole rings is 1. The number of sulfonamides is 1. The molecule has 1 N–H and O–H groups in total. The third kappa shape index (κ3) is 2.74. The number of aryl methyl sites for hydroxylation is 1. The van der Waals surface area contributed by atoms with Gasteiger partial charge in [0.05, 0.1) is 5.69 Å². The molecule has 0 fully saturated rings. The Morgan fingerprint density at radius 3 is 2.69 bits per heavy atom. The van der Waals surface area contributed by atoms with Crippen molar-refractivity contribution in [3.63, 3.8) is 0 Å². The molecule has 2 aromatic carbocycles. The van der Waals surface area contributed by atoms with Crippen molar-refractivity contribution in [3.8, 4) is 11.4 Å². The number of nitrogens with zero attached hydrogens (tertiary/aromatic N) is 4. The zero-order valence-electron chi connectivity index (χ0n) is 13.4. The fourth-order valence-corrected chi connectivity index (χ4v) is 5.97. The molecule has 0 aliphatic heterocycles. The van der Waals surface area contributed by atoms with Crippen LogP contribution in [0.5, 0.6) is 0 Å². The summed E-state index contributed by atoms with van der Waals surface area (Å²) >= 11 is 7.46. The molecule has 0 aliphatic rings. The summed E-state index contributed by atoms with van der Waals surface area (Å²) < 4.78 is 28.0. The van der Waals surface area contributed by atoms with E-state index in [4.69, 9.17) is 11.8 Å². The van der Waals surface area contributed by atoms with Gasteiger partial charge in [-0.1, -0.05) is 30.3 Å². The fraction of sp³-hybridized carbons (Fsp3) is 0.0625. The molecule has 0 radical (unpaired) electrons. The van der Waals surface area contributed by atoms with Gasteiger partial charge in [0.1, 0.15) is 4.21 Å². The lowest BCUT2D eigenvalue weighted by Crippen LogP contribution is -2.21. The zero-order valence-corrected chi connectivity index (χ0v) is 15.8. The van der Waals surface area contributed by atoms with Crippen LogP contribution in [0.2, 0.25) is 0 Å². The number of halogens is 1. The Hall–Kier alpha value is -2.49. The van der Waals surface area contributed by atoms with E-state index >= 15 is 0 Å². The van der Waals surface area contributed by atoms with Gasteiger partial charge < -0.3 is 0 Å². The molecular formula is C16H12ClN5O2S2. The number of anilines is 1. The maximum absolute atomic E-state index is 13.1. The highest BCUT2D eigenvalue weighted by Crippen LogP contribution is 2.38. The van der Waals surface area contributed by atoms with Gasteiger partial charge in [-0.25, -0.2) is 0 Å². The average molecular weight is 406 g/mol. The molecule has 0 bridgehead atoms. The molecule has 4 rings (SSSR count). The van der Waals surface area contributed by atoms with Gasteiger partial charge in [0.2, 0.25) is 5.82 Å². The molecule has 0 atom stereocenters. The molecular weight excluding hydrogens is 394 g/mol. The zero-order chi connectivity index (χ0) is 18.3. The molecule has 0 aliphatic carbocycles. The number of rotatable bonds is 4. The second-order valence-corrected chi connectivity index (χ2v) is 9.09. The van der Waals surface area contributed by atoms with Gasteiger partial charge in [0, 0.05) is 22.0 Å². The van der Waals surface area contributed by atoms with E-state index in [-0.39, 0.29) is 4.21 Å². The summed E-state index contributed by atoms with van der Waals surface area (Å²) in [7, 11) is -3.92. The Labute approximate surface area is 158 Å². The number of fused-ring (bicyclic) bond motifs is 1. The Balaban J connectivity index is 1.78. The number of hydrogen-bond acceptors (Lipinski definition) is 6. The van der Waals surface area contributed by atoms with Gasteiger partial charge in [0.25, 0.3) is 10.0 Å². The second kappa shape index (κ2) is 6.35. The van der Waals surface area contributed by atoms with Crippen LogP contribution in [0.1, 0.15) is 5.56 Å². The molecule has 2 aromatic heterocycles. The first-order chi connectivity index (χ1) is 12.5. The number of hydrogen-bond donors (Lipinski definition) is 1. The van der Waals surface area contributed by atoms with Crippen LogP contribution in [0, 0.1) is 6.92 Å². The predicted octanol–water partition coefficient (Wildman–Crippen LogP) is 3.74. The lowest BCUT2D eigenvalue weighted by molar-refractivity contribution is 0.599. The molecule has 7 nitrogen and oxygen atoms in total. The highest BCUT2D eigenvalue weighted by Gasteiger charge is 2.28. The number of H-pyrrole nitrogens is 1. The fourth-order valence-electron chi connectivity index (χ4n) is 2.65. The van der Waals surface area contributed by atoms with E-state index < -0.39 is 10.0 Å². The lowest BCUT2D eigenvalue weighted by Gasteiger charge is -2.16. The van der Waals surface area contributed by atoms with Crippen LogP contribution >= 0.6 is 23.1 Å². The first kappa shape index (κ1) is 17.0. The molecule has 0 amide bonds. The second-order valence-electron chi connectivity index (χ2n) is 5.52. The Kier molecular flexibility index (Phi) is 4.14. The van der Waals surface area contributed by atoms with Crippen LogP contribution in [0.3, 0.4) is 0 Å². The minimum atomic E-state index is -3.92. The quantitative estimate of drug-likeness (QED) is 0.522. The van der Waals surface area contributed by atoms with Crippen molar-refractivity contribution in [2.75, 3.05) is 3.82 Å². The van der Waals surface area contributed by atoms with E-state index in [1.165, 1.54) is 11.3 Å². The molecule has 4 aromatic rings. The van der Waals surface area contributed by atoms with Gasteiger partial charge in [-0.3, -0.25) is 0 Å². The predicted molar refractivity (Wildman–Crippen MR) is 102 cm³/mol. The summed E-state index contributed by atoms with van der Waals surface area (Å²) in [6.07, 6.45) is 0. The topological polar surface area (TPSA) is 91.8 Å². The third-order valence-corrected chi connectivity index (χ3v) is 8.00. The molecule has 0 unspecified atom stereocenters. The van der Waals surface area contributed by atoms with Crippen molar-refractivity contribution < 1.29 is 8.42 Å². The van der Waals surface area contributed by atoms with Crippen molar-refractivity contribution in [3.05, 3.63) is 54.1 Å². The van der Waals surface area contributed by atoms with Crippen molar-refractivity contribution in [1.82, 2.24) is 20.6 Å². The van der Waals surface area contributed by atoms with Crippen LogP contribution in [0.4, 0.5) is 5.69 Å². The minimum Gasteiger partial charge on any atom is -0.199 e. The van der Waals surface area contributed by atoms with E-state index in [1.54, 1.807) is 31.2 Å². The van der Waals surface area contributed by atoms with Crippen molar-refractivity contribution in [2.45, 2.75) is 11.1 Å². The molecule has 26 heavy (non-hydrogen) atoms. The minimum absolute atomic E-state index is 0.221. The van der Waals surface area contributed by atoms with Crippen LogP contribution in [0.25, 0.3) is 21.5 Å². The van der Waals surface area contributed by atoms with Crippen molar-refractivity contribution in [1.29, 1.82) is 0 Å². The molecule has 2 heterocycles. The smallest absolute Gasteiger partial charge is 0.199 e. The molecule has 0 saturated heterocycles. The van der Waals surface area contributed by atoms with E-state index in [9.17, 15) is 8.42 Å². The molecule has 132 valence electrons. The summed E-state index contributed by atoms with van der Waals surface area (Å²) in [6.45, 7) is 1.78. The first-order valence-electron chi connectivity index (χ1n) is 7.51. The normalized spacial score (nSPS) is 11.8. The van der Waals surface area contributed by atoms with Gasteiger partial charge in [-0.05, 0) is 41.3 Å². The largest absolute Gasteiger partial charge is 0.287 e. The number of nitrogens with one attached hydrogen (secondary N) is 1. The van der Waals surface area contributed by atoms with Crippen LogP contribution in [0.15, 0.2) is 52.7 Å². The number of aromatic nitrogens is 4. The standard InChI is InChI=1S/C16H12ClN5O2S2/c1-10-13-7-2-3-8-14(13)25-16(10)26(23,24)22(17)12-6-4-5-11(9-12)15-18-20-21-19-15/h2-9H,1H3,(H,18,19,20,21). The maximum Gasteiger partial charge on any atom is 0.287 e. The number of aromatic amines is 1. The van der Waals surface area contributed by atoms with Gasteiger partial charge >= 0.3 is 0 Å². The summed E-state index contributed by atoms with van der Waals surface area (Å²) in [6, 6.07) is 14.2. The Morgan fingerprint density at radius 1 is 1.15 bits per heavy atom.